The third kappa shape index (κ3) is 2.24. The van der Waals surface area contributed by atoms with Crippen LogP contribution in [-0.2, 0) is 11.2 Å². The van der Waals surface area contributed by atoms with Crippen LogP contribution in [0.5, 0.6) is 0 Å². The highest BCUT2D eigenvalue weighted by Gasteiger charge is 2.49. The fourth-order valence-electron chi connectivity index (χ4n) is 3.09. The van der Waals surface area contributed by atoms with Crippen molar-refractivity contribution in [3.63, 3.8) is 0 Å². The molecule has 1 saturated heterocycles. The van der Waals surface area contributed by atoms with Crippen LogP contribution in [0.25, 0.3) is 0 Å². The van der Waals surface area contributed by atoms with Gasteiger partial charge in [-0.05, 0) is 42.7 Å². The topological polar surface area (TPSA) is 41.6 Å². The zero-order chi connectivity index (χ0) is 15.4. The van der Waals surface area contributed by atoms with Gasteiger partial charge in [-0.2, -0.15) is 0 Å². The summed E-state index contributed by atoms with van der Waals surface area (Å²) in [5.41, 5.74) is 3.29. The third-order valence-electron chi connectivity index (χ3n) is 5.34. The first-order valence-electron chi connectivity index (χ1n) is 7.53. The van der Waals surface area contributed by atoms with E-state index in [1.165, 1.54) is 0 Å². The van der Waals surface area contributed by atoms with Crippen LogP contribution in [0.15, 0.2) is 18.2 Å². The highest BCUT2D eigenvalue weighted by atomic mass is 16.5. The Labute approximate surface area is 127 Å². The Morgan fingerprint density at radius 2 is 2.00 bits per heavy atom. The lowest BCUT2D eigenvalue weighted by atomic mass is 9.54. The molecule has 0 aromatic heterocycles. The maximum Gasteiger partial charge on any atom is 0.328 e. The van der Waals surface area contributed by atoms with Crippen LogP contribution in [0.2, 0.25) is 6.32 Å². The number of anilines is 1. The predicted molar refractivity (Wildman–Crippen MR) is 86.2 cm³/mol. The summed E-state index contributed by atoms with van der Waals surface area (Å²) < 4.78 is 6.28. The van der Waals surface area contributed by atoms with Gasteiger partial charge in [0, 0.05) is 19.3 Å². The molecule has 112 valence electrons. The summed E-state index contributed by atoms with van der Waals surface area (Å²) in [6.45, 7) is 9.52. The minimum atomic E-state index is -0.142. The first-order valence-corrected chi connectivity index (χ1v) is 7.53. The number of rotatable bonds is 1. The molecular formula is C16H23BN2O2. The molecule has 1 aromatic carbocycles. The van der Waals surface area contributed by atoms with Crippen molar-refractivity contribution in [2.75, 3.05) is 11.9 Å². The van der Waals surface area contributed by atoms with E-state index in [-0.39, 0.29) is 24.0 Å². The van der Waals surface area contributed by atoms with Crippen LogP contribution in [0.4, 0.5) is 10.5 Å². The summed E-state index contributed by atoms with van der Waals surface area (Å²) in [7, 11) is 1.81. The van der Waals surface area contributed by atoms with E-state index in [4.69, 9.17) is 4.65 Å². The van der Waals surface area contributed by atoms with Crippen molar-refractivity contribution in [1.29, 1.82) is 0 Å². The van der Waals surface area contributed by atoms with E-state index in [0.29, 0.717) is 6.54 Å². The van der Waals surface area contributed by atoms with Crippen LogP contribution in [-0.4, -0.2) is 25.6 Å². The smallest absolute Gasteiger partial charge is 0.328 e. The normalized spacial score (nSPS) is 23.0. The first kappa shape index (κ1) is 14.5. The van der Waals surface area contributed by atoms with Gasteiger partial charge in [0.15, 0.2) is 0 Å². The van der Waals surface area contributed by atoms with Gasteiger partial charge >= 0.3 is 12.9 Å². The number of fused-ring (bicyclic) bond motifs is 1. The van der Waals surface area contributed by atoms with Gasteiger partial charge in [0.2, 0.25) is 0 Å². The second-order valence-electron chi connectivity index (χ2n) is 7.31. The number of nitrogens with one attached hydrogen (secondary N) is 1. The molecule has 2 heterocycles. The molecule has 1 aromatic rings. The summed E-state index contributed by atoms with van der Waals surface area (Å²) in [5.74, 6) is 0. The van der Waals surface area contributed by atoms with E-state index < -0.39 is 0 Å². The molecule has 0 atom stereocenters. The molecule has 0 bridgehead atoms. The highest BCUT2D eigenvalue weighted by molar-refractivity contribution is 6.68. The molecule has 1 N–H and O–H groups in total. The van der Waals surface area contributed by atoms with Gasteiger partial charge in [-0.3, -0.25) is 4.90 Å². The summed E-state index contributed by atoms with van der Waals surface area (Å²) in [4.78, 5) is 13.5. The number of urea groups is 1. The average molecular weight is 286 g/mol. The van der Waals surface area contributed by atoms with Gasteiger partial charge in [-0.25, -0.2) is 4.79 Å². The molecule has 0 radical (unpaired) electrons. The van der Waals surface area contributed by atoms with Crippen molar-refractivity contribution >= 4 is 24.1 Å². The average Bonchev–Trinajstić information content (AvgIpc) is 2.63. The maximum atomic E-state index is 11.8. The molecule has 2 aliphatic heterocycles. The molecule has 2 aliphatic rings. The largest absolute Gasteiger partial charge is 0.426 e. The molecule has 0 saturated carbocycles. The zero-order valence-electron chi connectivity index (χ0n) is 13.5. The van der Waals surface area contributed by atoms with Crippen LogP contribution in [0, 0.1) is 5.41 Å². The van der Waals surface area contributed by atoms with Crippen LogP contribution < -0.4 is 15.7 Å². The van der Waals surface area contributed by atoms with E-state index in [0.717, 1.165) is 23.0 Å². The molecule has 3 rings (SSSR count). The van der Waals surface area contributed by atoms with E-state index in [9.17, 15) is 4.79 Å². The minimum Gasteiger partial charge on any atom is -0.426 e. The van der Waals surface area contributed by atoms with Crippen LogP contribution >= 0.6 is 0 Å². The Kier molecular flexibility index (Phi) is 3.10. The number of hydrogen-bond acceptors (Lipinski definition) is 2. The second kappa shape index (κ2) is 4.50. The molecule has 5 heteroatoms. The lowest BCUT2D eigenvalue weighted by Crippen LogP contribution is -2.43. The molecule has 1 fully saturated rings. The monoisotopic (exact) mass is 286 g/mol. The second-order valence-corrected chi connectivity index (χ2v) is 7.31. The van der Waals surface area contributed by atoms with Gasteiger partial charge in [-0.15, -0.1) is 0 Å². The maximum absolute atomic E-state index is 11.8. The lowest BCUT2D eigenvalue weighted by Gasteiger charge is -2.34. The van der Waals surface area contributed by atoms with Gasteiger partial charge in [0.1, 0.15) is 0 Å². The van der Waals surface area contributed by atoms with Gasteiger partial charge in [0.25, 0.3) is 0 Å². The van der Waals surface area contributed by atoms with Crippen LogP contribution in [0.3, 0.4) is 0 Å². The number of carbonyl (C=O) groups is 1. The van der Waals surface area contributed by atoms with E-state index in [2.05, 4.69) is 51.2 Å². The molecular weight excluding hydrogens is 263 g/mol. The van der Waals surface area contributed by atoms with Gasteiger partial charge in [0.05, 0.1) is 5.60 Å². The summed E-state index contributed by atoms with van der Waals surface area (Å²) >= 11 is 0. The van der Waals surface area contributed by atoms with Crippen molar-refractivity contribution in [3.8, 4) is 0 Å². The number of carbonyl (C=O) groups excluding carboxylic acids is 1. The Bertz CT molecular complexity index is 582. The lowest BCUT2D eigenvalue weighted by molar-refractivity contribution is 0.0375. The summed E-state index contributed by atoms with van der Waals surface area (Å²) in [6, 6.07) is 6.29. The standard InChI is InChI=1S/C16H23BN2O2/c1-15(2)10-17(21-16(15,3)4)12-7-6-11-9-18-14(20)19(5)13(11)8-12/h6-8H,9-10H2,1-5H3,(H,18,20). The predicted octanol–water partition coefficient (Wildman–Crippen LogP) is 2.38. The third-order valence-corrected chi connectivity index (χ3v) is 5.34. The summed E-state index contributed by atoms with van der Waals surface area (Å²) in [6.07, 6.45) is 0.995. The van der Waals surface area contributed by atoms with Crippen molar-refractivity contribution in [2.45, 2.75) is 46.2 Å². The van der Waals surface area contributed by atoms with E-state index >= 15 is 0 Å². The molecule has 21 heavy (non-hydrogen) atoms. The number of benzene rings is 1. The number of hydrogen-bond donors (Lipinski definition) is 1. The molecule has 0 unspecified atom stereocenters. The quantitative estimate of drug-likeness (QED) is 0.805. The Hall–Kier alpha value is -1.49. The van der Waals surface area contributed by atoms with E-state index in [1.807, 2.05) is 0 Å². The first-order chi connectivity index (χ1) is 9.71. The Balaban J connectivity index is 1.94. The minimum absolute atomic E-state index is 0.0485. The van der Waals surface area contributed by atoms with Gasteiger partial charge < -0.3 is 9.97 Å². The van der Waals surface area contributed by atoms with Crippen molar-refractivity contribution in [1.82, 2.24) is 5.32 Å². The molecule has 2 amide bonds. The summed E-state index contributed by atoms with van der Waals surface area (Å²) in [5, 5.41) is 2.86. The Morgan fingerprint density at radius 3 is 2.62 bits per heavy atom. The molecule has 0 spiro atoms. The van der Waals surface area contributed by atoms with Crippen molar-refractivity contribution < 1.29 is 9.45 Å². The van der Waals surface area contributed by atoms with Gasteiger partial charge in [-0.1, -0.05) is 26.0 Å². The van der Waals surface area contributed by atoms with Crippen molar-refractivity contribution in [2.24, 2.45) is 5.41 Å². The Morgan fingerprint density at radius 1 is 1.29 bits per heavy atom. The van der Waals surface area contributed by atoms with E-state index in [1.54, 1.807) is 11.9 Å². The van der Waals surface area contributed by atoms with Crippen molar-refractivity contribution in [3.05, 3.63) is 23.8 Å². The molecule has 4 nitrogen and oxygen atoms in total. The number of nitrogens with zero attached hydrogens (tertiary/aromatic N) is 1. The fraction of sp³-hybridized carbons (Fsp3) is 0.562. The highest BCUT2D eigenvalue weighted by Crippen LogP contribution is 2.45. The number of amides is 2. The fourth-order valence-corrected chi connectivity index (χ4v) is 3.09. The zero-order valence-corrected chi connectivity index (χ0v) is 13.5. The SMILES string of the molecule is CN1C(=O)NCc2ccc(B3CC(C)(C)C(C)(C)O3)cc21. The van der Waals surface area contributed by atoms with Crippen LogP contribution in [0.1, 0.15) is 33.3 Å². The molecule has 0 aliphatic carbocycles.